The molecular formula is C19H16F3N3O. The van der Waals surface area contributed by atoms with Crippen molar-refractivity contribution in [2.45, 2.75) is 13.1 Å². The van der Waals surface area contributed by atoms with E-state index in [1.54, 1.807) is 31.2 Å². The highest BCUT2D eigenvalue weighted by molar-refractivity contribution is 6.05. The van der Waals surface area contributed by atoms with E-state index < -0.39 is 11.9 Å². The highest BCUT2D eigenvalue weighted by Crippen LogP contribution is 2.28. The Labute approximate surface area is 148 Å². The Balaban J connectivity index is 2.12. The van der Waals surface area contributed by atoms with Crippen molar-refractivity contribution in [2.24, 2.45) is 4.99 Å². The molecule has 3 rings (SSSR count). The Morgan fingerprint density at radius 2 is 1.69 bits per heavy atom. The summed E-state index contributed by atoms with van der Waals surface area (Å²) in [5.74, 6) is 0.581. The lowest BCUT2D eigenvalue weighted by molar-refractivity contribution is -0.0580. The smallest absolute Gasteiger partial charge is 0.434 e. The first-order valence-corrected chi connectivity index (χ1v) is 7.81. The molecule has 3 aromatic rings. The minimum Gasteiger partial charge on any atom is -0.497 e. The van der Waals surface area contributed by atoms with E-state index in [0.717, 1.165) is 0 Å². The van der Waals surface area contributed by atoms with Gasteiger partial charge in [-0.2, -0.15) is 18.3 Å². The number of methoxy groups -OCH3 is 1. The maximum absolute atomic E-state index is 13.6. The molecule has 0 bridgehead atoms. The van der Waals surface area contributed by atoms with Crippen LogP contribution in [0.3, 0.4) is 0 Å². The Hall–Kier alpha value is -3.09. The molecule has 0 N–H and O–H groups in total. The number of alkyl halides is 3. The molecule has 0 aliphatic heterocycles. The normalized spacial score (nSPS) is 12.3. The molecule has 0 unspecified atom stereocenters. The molecular weight excluding hydrogens is 343 g/mol. The predicted octanol–water partition coefficient (Wildman–Crippen LogP) is 4.87. The molecule has 0 saturated heterocycles. The molecule has 4 nitrogen and oxygen atoms in total. The highest BCUT2D eigenvalue weighted by atomic mass is 19.4. The lowest BCUT2D eigenvalue weighted by atomic mass is 10.1. The summed E-state index contributed by atoms with van der Waals surface area (Å²) in [6.07, 6.45) is -4.62. The quantitative estimate of drug-likeness (QED) is 0.623. The summed E-state index contributed by atoms with van der Waals surface area (Å²) >= 11 is 0. The van der Waals surface area contributed by atoms with Crippen molar-refractivity contribution in [3.8, 4) is 11.4 Å². The van der Waals surface area contributed by atoms with E-state index in [0.29, 0.717) is 17.1 Å². The molecule has 0 aliphatic rings. The van der Waals surface area contributed by atoms with E-state index in [1.165, 1.54) is 42.1 Å². The van der Waals surface area contributed by atoms with Crippen LogP contribution in [-0.2, 0) is 0 Å². The van der Waals surface area contributed by atoms with Crippen molar-refractivity contribution in [3.05, 3.63) is 71.9 Å². The van der Waals surface area contributed by atoms with Crippen LogP contribution < -0.4 is 4.74 Å². The van der Waals surface area contributed by atoms with Crippen LogP contribution in [0.1, 0.15) is 11.3 Å². The fourth-order valence-corrected chi connectivity index (χ4v) is 2.48. The monoisotopic (exact) mass is 359 g/mol. The summed E-state index contributed by atoms with van der Waals surface area (Å²) in [6.45, 7) is 1.71. The third-order valence-corrected chi connectivity index (χ3v) is 3.67. The van der Waals surface area contributed by atoms with Gasteiger partial charge in [-0.15, -0.1) is 0 Å². The van der Waals surface area contributed by atoms with Crippen LogP contribution in [0.2, 0.25) is 0 Å². The largest absolute Gasteiger partial charge is 0.497 e. The minimum absolute atomic E-state index is 0.0447. The zero-order valence-corrected chi connectivity index (χ0v) is 14.2. The van der Waals surface area contributed by atoms with E-state index in [2.05, 4.69) is 10.1 Å². The third-order valence-electron chi connectivity index (χ3n) is 3.67. The van der Waals surface area contributed by atoms with Gasteiger partial charge in [0, 0.05) is 11.6 Å². The van der Waals surface area contributed by atoms with Crippen molar-refractivity contribution >= 4 is 11.5 Å². The Bertz CT molecular complexity index is 913. The topological polar surface area (TPSA) is 39.4 Å². The average molecular weight is 359 g/mol. The Morgan fingerprint density at radius 3 is 2.27 bits per heavy atom. The molecule has 0 spiro atoms. The molecule has 1 heterocycles. The van der Waals surface area contributed by atoms with E-state index in [9.17, 15) is 13.2 Å². The molecule has 2 aromatic carbocycles. The Kier molecular flexibility index (Phi) is 4.79. The van der Waals surface area contributed by atoms with Gasteiger partial charge >= 0.3 is 6.18 Å². The second-order valence-corrected chi connectivity index (χ2v) is 5.58. The number of hydrogen-bond donors (Lipinski definition) is 0. The van der Waals surface area contributed by atoms with Gasteiger partial charge in [0.2, 0.25) is 0 Å². The third kappa shape index (κ3) is 3.77. The van der Waals surface area contributed by atoms with E-state index in [1.807, 2.05) is 6.07 Å². The minimum atomic E-state index is -4.62. The first-order chi connectivity index (χ1) is 12.4. The van der Waals surface area contributed by atoms with E-state index in [4.69, 9.17) is 4.74 Å². The summed E-state index contributed by atoms with van der Waals surface area (Å²) in [5, 5.41) is 4.26. The molecule has 134 valence electrons. The van der Waals surface area contributed by atoms with Crippen LogP contribution >= 0.6 is 0 Å². The summed E-state index contributed by atoms with van der Waals surface area (Å²) in [7, 11) is 1.45. The molecule has 0 fully saturated rings. The lowest BCUT2D eigenvalue weighted by Gasteiger charge is -2.12. The number of aliphatic imine (C=N–C) groups is 1. The number of aryl methyl sites for hydroxylation is 1. The fraction of sp³-hybridized carbons (Fsp3) is 0.158. The van der Waals surface area contributed by atoms with Crippen molar-refractivity contribution in [2.75, 3.05) is 7.11 Å². The average Bonchev–Trinajstić information content (AvgIpc) is 3.00. The molecule has 0 atom stereocenters. The summed E-state index contributed by atoms with van der Waals surface area (Å²) in [4.78, 5) is 3.90. The van der Waals surface area contributed by atoms with Gasteiger partial charge < -0.3 is 4.74 Å². The van der Waals surface area contributed by atoms with Gasteiger partial charge in [-0.05, 0) is 43.3 Å². The van der Waals surface area contributed by atoms with Crippen LogP contribution in [0.15, 0.2) is 65.7 Å². The lowest BCUT2D eigenvalue weighted by Crippen LogP contribution is -2.24. The van der Waals surface area contributed by atoms with Crippen molar-refractivity contribution in [3.63, 3.8) is 0 Å². The molecule has 0 saturated carbocycles. The maximum atomic E-state index is 13.6. The summed E-state index contributed by atoms with van der Waals surface area (Å²) in [6, 6.07) is 16.0. The first-order valence-electron chi connectivity index (χ1n) is 7.81. The second-order valence-electron chi connectivity index (χ2n) is 5.58. The van der Waals surface area contributed by atoms with Gasteiger partial charge in [0.15, 0.2) is 11.5 Å². The molecule has 0 amide bonds. The second kappa shape index (κ2) is 7.03. The number of benzene rings is 2. The summed E-state index contributed by atoms with van der Waals surface area (Å²) in [5.41, 5.74) is 0.175. The number of rotatable bonds is 4. The molecule has 1 aromatic heterocycles. The highest BCUT2D eigenvalue weighted by Gasteiger charge is 2.37. The van der Waals surface area contributed by atoms with Crippen LogP contribution in [0.25, 0.3) is 5.69 Å². The van der Waals surface area contributed by atoms with Gasteiger partial charge in [0.1, 0.15) is 5.75 Å². The van der Waals surface area contributed by atoms with Crippen molar-refractivity contribution in [1.29, 1.82) is 0 Å². The number of aromatic nitrogens is 2. The van der Waals surface area contributed by atoms with Crippen LogP contribution in [0, 0.1) is 6.92 Å². The number of halogens is 3. The fourth-order valence-electron chi connectivity index (χ4n) is 2.48. The standard InChI is InChI=1S/C19H16F3N3O/c1-13-12-17(25(24-13)15-6-4-3-5-7-15)23-18(19(20,21)22)14-8-10-16(26-2)11-9-14/h3-12H,1-2H3/b23-18-. The van der Waals surface area contributed by atoms with Gasteiger partial charge in [-0.3, -0.25) is 0 Å². The van der Waals surface area contributed by atoms with Crippen LogP contribution in [-0.4, -0.2) is 28.8 Å². The number of nitrogens with zero attached hydrogens (tertiary/aromatic N) is 3. The van der Waals surface area contributed by atoms with Gasteiger partial charge in [0.25, 0.3) is 0 Å². The number of ether oxygens (including phenoxy) is 1. The van der Waals surface area contributed by atoms with Gasteiger partial charge in [-0.1, -0.05) is 18.2 Å². The zero-order chi connectivity index (χ0) is 18.7. The van der Waals surface area contributed by atoms with E-state index in [-0.39, 0.29) is 11.4 Å². The molecule has 0 radical (unpaired) electrons. The zero-order valence-electron chi connectivity index (χ0n) is 14.2. The predicted molar refractivity (Wildman–Crippen MR) is 93.5 cm³/mol. The number of para-hydroxylation sites is 1. The SMILES string of the molecule is COc1ccc(/C(=N/c2cc(C)nn2-c2ccccc2)C(F)(F)F)cc1. The van der Waals surface area contributed by atoms with Crippen LogP contribution in [0.4, 0.5) is 19.0 Å². The first kappa shape index (κ1) is 17.7. The molecule has 0 aliphatic carbocycles. The molecule has 7 heteroatoms. The van der Waals surface area contributed by atoms with Crippen molar-refractivity contribution in [1.82, 2.24) is 9.78 Å². The van der Waals surface area contributed by atoms with Gasteiger partial charge in [-0.25, -0.2) is 9.67 Å². The maximum Gasteiger partial charge on any atom is 0.434 e. The van der Waals surface area contributed by atoms with Crippen molar-refractivity contribution < 1.29 is 17.9 Å². The van der Waals surface area contributed by atoms with Gasteiger partial charge in [0.05, 0.1) is 18.5 Å². The van der Waals surface area contributed by atoms with E-state index >= 15 is 0 Å². The van der Waals surface area contributed by atoms with Crippen LogP contribution in [0.5, 0.6) is 5.75 Å². The number of hydrogen-bond acceptors (Lipinski definition) is 3. The Morgan fingerprint density at radius 1 is 1.04 bits per heavy atom. The molecule has 26 heavy (non-hydrogen) atoms. The summed E-state index contributed by atoms with van der Waals surface area (Å²) < 4.78 is 47.3.